The lowest BCUT2D eigenvalue weighted by molar-refractivity contribution is 0.0951. The number of nitrogens with one attached hydrogen (secondary N) is 1. The minimum atomic E-state index is -0.100. The van der Waals surface area contributed by atoms with Crippen LogP contribution in [0, 0.1) is 0 Å². The Morgan fingerprint density at radius 2 is 2.24 bits per heavy atom. The minimum Gasteiger partial charge on any atom is -0.385 e. The first-order valence-corrected chi connectivity index (χ1v) is 6.54. The summed E-state index contributed by atoms with van der Waals surface area (Å²) in [5, 5.41) is 3.38. The number of benzene rings is 1. The highest BCUT2D eigenvalue weighted by molar-refractivity contribution is 9.10. The molecule has 0 radical (unpaired) electrons. The molecular weight excluding hydrogens is 305 g/mol. The van der Waals surface area contributed by atoms with Gasteiger partial charge in [-0.15, -0.1) is 0 Å². The first-order chi connectivity index (χ1) is 8.15. The monoisotopic (exact) mass is 319 g/mol. The van der Waals surface area contributed by atoms with Crippen LogP contribution in [0.3, 0.4) is 0 Å². The SMILES string of the molecule is COCCCCNC(=O)c1ccc(Br)c(Cl)c1. The molecule has 0 aromatic heterocycles. The molecule has 0 spiro atoms. The molecule has 94 valence electrons. The Bertz CT molecular complexity index is 385. The lowest BCUT2D eigenvalue weighted by Gasteiger charge is -2.06. The molecule has 0 fully saturated rings. The van der Waals surface area contributed by atoms with Gasteiger partial charge in [0.15, 0.2) is 0 Å². The van der Waals surface area contributed by atoms with Crippen molar-refractivity contribution in [3.05, 3.63) is 33.3 Å². The van der Waals surface area contributed by atoms with E-state index in [2.05, 4.69) is 21.2 Å². The van der Waals surface area contributed by atoms with Gasteiger partial charge in [-0.05, 0) is 47.0 Å². The fourth-order valence-electron chi connectivity index (χ4n) is 1.31. The highest BCUT2D eigenvalue weighted by Crippen LogP contribution is 2.23. The smallest absolute Gasteiger partial charge is 0.251 e. The molecule has 17 heavy (non-hydrogen) atoms. The Kier molecular flexibility index (Phi) is 6.55. The second-order valence-electron chi connectivity index (χ2n) is 3.58. The van der Waals surface area contributed by atoms with Crippen molar-refractivity contribution in [3.63, 3.8) is 0 Å². The van der Waals surface area contributed by atoms with Gasteiger partial charge in [0, 0.05) is 30.3 Å². The van der Waals surface area contributed by atoms with Gasteiger partial charge in [0.1, 0.15) is 0 Å². The van der Waals surface area contributed by atoms with Crippen molar-refractivity contribution in [3.8, 4) is 0 Å². The third-order valence-electron chi connectivity index (χ3n) is 2.24. The van der Waals surface area contributed by atoms with Gasteiger partial charge < -0.3 is 10.1 Å². The van der Waals surface area contributed by atoms with Crippen LogP contribution in [-0.2, 0) is 4.74 Å². The van der Waals surface area contributed by atoms with E-state index in [9.17, 15) is 4.79 Å². The average Bonchev–Trinajstić information content (AvgIpc) is 2.32. The number of carbonyl (C=O) groups is 1. The number of rotatable bonds is 6. The van der Waals surface area contributed by atoms with E-state index in [0.717, 1.165) is 23.9 Å². The number of hydrogen-bond donors (Lipinski definition) is 1. The molecular formula is C12H15BrClNO2. The second-order valence-corrected chi connectivity index (χ2v) is 4.85. The Balaban J connectivity index is 2.39. The zero-order chi connectivity index (χ0) is 12.7. The fourth-order valence-corrected chi connectivity index (χ4v) is 1.74. The molecule has 0 aliphatic rings. The van der Waals surface area contributed by atoms with Crippen molar-refractivity contribution < 1.29 is 9.53 Å². The number of methoxy groups -OCH3 is 1. The van der Waals surface area contributed by atoms with Crippen LogP contribution in [0.15, 0.2) is 22.7 Å². The summed E-state index contributed by atoms with van der Waals surface area (Å²) in [4.78, 5) is 11.7. The highest BCUT2D eigenvalue weighted by atomic mass is 79.9. The first kappa shape index (κ1) is 14.5. The summed E-state index contributed by atoms with van der Waals surface area (Å²) in [5.74, 6) is -0.100. The molecule has 0 aliphatic carbocycles. The highest BCUT2D eigenvalue weighted by Gasteiger charge is 2.06. The molecule has 0 heterocycles. The largest absolute Gasteiger partial charge is 0.385 e. The zero-order valence-electron chi connectivity index (χ0n) is 9.63. The molecule has 3 nitrogen and oxygen atoms in total. The van der Waals surface area contributed by atoms with E-state index in [0.29, 0.717) is 17.1 Å². The summed E-state index contributed by atoms with van der Waals surface area (Å²) in [6.07, 6.45) is 1.85. The Morgan fingerprint density at radius 1 is 1.47 bits per heavy atom. The molecule has 0 aliphatic heterocycles. The summed E-state index contributed by atoms with van der Waals surface area (Å²) < 4.78 is 5.71. The van der Waals surface area contributed by atoms with Crippen LogP contribution in [0.2, 0.25) is 5.02 Å². The number of halogens is 2. The van der Waals surface area contributed by atoms with Crippen LogP contribution in [0.5, 0.6) is 0 Å². The predicted molar refractivity (Wildman–Crippen MR) is 72.6 cm³/mol. The van der Waals surface area contributed by atoms with E-state index in [1.807, 2.05) is 0 Å². The van der Waals surface area contributed by atoms with Crippen LogP contribution >= 0.6 is 27.5 Å². The molecule has 0 unspecified atom stereocenters. The van der Waals surface area contributed by atoms with Gasteiger partial charge in [-0.3, -0.25) is 4.79 Å². The number of carbonyl (C=O) groups excluding carboxylic acids is 1. The summed E-state index contributed by atoms with van der Waals surface area (Å²) in [5.41, 5.74) is 0.574. The third-order valence-corrected chi connectivity index (χ3v) is 3.48. The van der Waals surface area contributed by atoms with Crippen molar-refractivity contribution in [2.75, 3.05) is 20.3 Å². The zero-order valence-corrected chi connectivity index (χ0v) is 12.0. The summed E-state index contributed by atoms with van der Waals surface area (Å²) in [6.45, 7) is 1.37. The van der Waals surface area contributed by atoms with Gasteiger partial charge in [-0.1, -0.05) is 11.6 Å². The fraction of sp³-hybridized carbons (Fsp3) is 0.417. The van der Waals surface area contributed by atoms with Crippen LogP contribution in [0.1, 0.15) is 23.2 Å². The van der Waals surface area contributed by atoms with Gasteiger partial charge in [-0.25, -0.2) is 0 Å². The lowest BCUT2D eigenvalue weighted by Crippen LogP contribution is -2.24. The van der Waals surface area contributed by atoms with Crippen molar-refractivity contribution >= 4 is 33.4 Å². The maximum absolute atomic E-state index is 11.7. The molecule has 1 aromatic carbocycles. The Labute approximate surface area is 115 Å². The van der Waals surface area contributed by atoms with E-state index in [1.165, 1.54) is 0 Å². The first-order valence-electron chi connectivity index (χ1n) is 5.37. The van der Waals surface area contributed by atoms with E-state index in [1.54, 1.807) is 25.3 Å². The minimum absolute atomic E-state index is 0.100. The molecule has 5 heteroatoms. The van der Waals surface area contributed by atoms with Gasteiger partial charge in [0.2, 0.25) is 0 Å². The van der Waals surface area contributed by atoms with Crippen molar-refractivity contribution in [1.29, 1.82) is 0 Å². The van der Waals surface area contributed by atoms with Crippen molar-refractivity contribution in [1.82, 2.24) is 5.32 Å². The molecule has 0 atom stereocenters. The topological polar surface area (TPSA) is 38.3 Å². The molecule has 0 saturated heterocycles. The number of hydrogen-bond acceptors (Lipinski definition) is 2. The van der Waals surface area contributed by atoms with Crippen LogP contribution < -0.4 is 5.32 Å². The number of ether oxygens (including phenoxy) is 1. The summed E-state index contributed by atoms with van der Waals surface area (Å²) in [6, 6.07) is 5.15. The molecule has 1 aromatic rings. The van der Waals surface area contributed by atoms with E-state index in [4.69, 9.17) is 16.3 Å². The number of unbranched alkanes of at least 4 members (excludes halogenated alkanes) is 1. The van der Waals surface area contributed by atoms with Gasteiger partial charge >= 0.3 is 0 Å². The molecule has 1 rings (SSSR count). The van der Waals surface area contributed by atoms with Crippen molar-refractivity contribution in [2.24, 2.45) is 0 Å². The normalized spacial score (nSPS) is 10.3. The molecule has 1 N–H and O–H groups in total. The third kappa shape index (κ3) is 5.06. The average molecular weight is 321 g/mol. The summed E-state index contributed by atoms with van der Waals surface area (Å²) in [7, 11) is 1.67. The van der Waals surface area contributed by atoms with E-state index >= 15 is 0 Å². The quantitative estimate of drug-likeness (QED) is 0.817. The van der Waals surface area contributed by atoms with E-state index < -0.39 is 0 Å². The second kappa shape index (κ2) is 7.69. The number of amides is 1. The summed E-state index contributed by atoms with van der Waals surface area (Å²) >= 11 is 9.20. The lowest BCUT2D eigenvalue weighted by atomic mass is 10.2. The van der Waals surface area contributed by atoms with Crippen molar-refractivity contribution in [2.45, 2.75) is 12.8 Å². The Morgan fingerprint density at radius 3 is 2.88 bits per heavy atom. The predicted octanol–water partition coefficient (Wildman–Crippen LogP) is 3.26. The van der Waals surface area contributed by atoms with Crippen LogP contribution in [-0.4, -0.2) is 26.2 Å². The van der Waals surface area contributed by atoms with Crippen LogP contribution in [0.4, 0.5) is 0 Å². The maximum atomic E-state index is 11.7. The van der Waals surface area contributed by atoms with Gasteiger partial charge in [0.05, 0.1) is 5.02 Å². The van der Waals surface area contributed by atoms with Gasteiger partial charge in [0.25, 0.3) is 5.91 Å². The Hall–Kier alpha value is -0.580. The standard InChI is InChI=1S/C12H15BrClNO2/c1-17-7-3-2-6-15-12(16)9-4-5-10(13)11(14)8-9/h4-5,8H,2-3,6-7H2,1H3,(H,15,16). The molecule has 1 amide bonds. The van der Waals surface area contributed by atoms with Gasteiger partial charge in [-0.2, -0.15) is 0 Å². The van der Waals surface area contributed by atoms with Crippen LogP contribution in [0.25, 0.3) is 0 Å². The molecule has 0 saturated carbocycles. The van der Waals surface area contributed by atoms with E-state index in [-0.39, 0.29) is 5.91 Å². The molecule has 0 bridgehead atoms. The maximum Gasteiger partial charge on any atom is 0.251 e.